The van der Waals surface area contributed by atoms with Crippen molar-refractivity contribution in [2.45, 2.75) is 31.5 Å². The number of hydrogen-bond acceptors (Lipinski definition) is 7. The number of hydrogen-bond donors (Lipinski definition) is 2. The van der Waals surface area contributed by atoms with Gasteiger partial charge < -0.3 is 15.0 Å². The molecule has 42 heavy (non-hydrogen) atoms. The largest absolute Gasteiger partial charge is 0.416 e. The highest BCUT2D eigenvalue weighted by molar-refractivity contribution is 6.05. The lowest BCUT2D eigenvalue weighted by molar-refractivity contribution is -0.750. The number of rotatable bonds is 7. The molecule has 13 heteroatoms. The number of carbonyl (C=O) groups excluding carboxylic acids is 2. The summed E-state index contributed by atoms with van der Waals surface area (Å²) in [5.74, 6) is 6.36. The second kappa shape index (κ2) is 11.8. The third-order valence-corrected chi connectivity index (χ3v) is 7.18. The summed E-state index contributed by atoms with van der Waals surface area (Å²) in [5, 5.41) is 2.40. The smallest absolute Gasteiger partial charge is 0.381 e. The second-order valence-electron chi connectivity index (χ2n) is 9.92. The van der Waals surface area contributed by atoms with Crippen LogP contribution >= 0.6 is 0 Å². The Kier molecular flexibility index (Phi) is 8.16. The molecule has 0 bridgehead atoms. The molecule has 0 saturated carbocycles. The van der Waals surface area contributed by atoms with Gasteiger partial charge >= 0.3 is 6.18 Å². The minimum atomic E-state index is -4.56. The lowest BCUT2D eigenvalue weighted by Crippen LogP contribution is -2.53. The fraction of sp³-hybridized carbons (Fsp3) is 0.276. The summed E-state index contributed by atoms with van der Waals surface area (Å²) in [6, 6.07) is 7.68. The molecule has 0 radical (unpaired) electrons. The predicted molar refractivity (Wildman–Crippen MR) is 150 cm³/mol. The Morgan fingerprint density at radius 3 is 2.74 bits per heavy atom. The van der Waals surface area contributed by atoms with Crippen molar-refractivity contribution >= 4 is 29.7 Å². The Bertz CT molecular complexity index is 1530. The fourth-order valence-electron chi connectivity index (χ4n) is 5.11. The van der Waals surface area contributed by atoms with Crippen LogP contribution in [0.25, 0.3) is 0 Å². The number of fused-ring (bicyclic) bond motifs is 1. The van der Waals surface area contributed by atoms with E-state index in [0.717, 1.165) is 31.2 Å². The number of aromatic nitrogens is 1. The number of benzene rings is 1. The maximum absolute atomic E-state index is 13.1. The molecule has 3 aliphatic rings. The van der Waals surface area contributed by atoms with Crippen LogP contribution in [0.15, 0.2) is 88.5 Å². The number of amidine groups is 1. The predicted octanol–water partition coefficient (Wildman–Crippen LogP) is 4.15. The van der Waals surface area contributed by atoms with Crippen LogP contribution in [0.4, 0.5) is 19.0 Å². The van der Waals surface area contributed by atoms with Gasteiger partial charge in [0.1, 0.15) is 17.7 Å². The number of methoxy groups -OCH3 is 1. The van der Waals surface area contributed by atoms with Crippen molar-refractivity contribution in [3.8, 4) is 0 Å². The summed E-state index contributed by atoms with van der Waals surface area (Å²) >= 11 is 0. The van der Waals surface area contributed by atoms with Crippen LogP contribution in [-0.4, -0.2) is 64.6 Å². The Morgan fingerprint density at radius 2 is 2.00 bits per heavy atom. The minimum absolute atomic E-state index is 0.141. The Morgan fingerprint density at radius 1 is 1.21 bits per heavy atom. The fourth-order valence-corrected chi connectivity index (χ4v) is 5.11. The van der Waals surface area contributed by atoms with Crippen LogP contribution in [0, 0.1) is 0 Å². The Labute approximate surface area is 240 Å². The van der Waals surface area contributed by atoms with Crippen molar-refractivity contribution in [2.75, 3.05) is 25.6 Å². The molecule has 3 aliphatic heterocycles. The van der Waals surface area contributed by atoms with Gasteiger partial charge in [0, 0.05) is 31.5 Å². The molecule has 5 rings (SSSR count). The number of alkyl halides is 3. The summed E-state index contributed by atoms with van der Waals surface area (Å²) in [6.45, 7) is 0.899. The zero-order valence-electron chi connectivity index (χ0n) is 22.7. The molecule has 1 saturated heterocycles. The first-order chi connectivity index (χ1) is 20.1. The molecule has 2 atom stereocenters. The summed E-state index contributed by atoms with van der Waals surface area (Å²) in [5.41, 5.74) is 1.19. The summed E-state index contributed by atoms with van der Waals surface area (Å²) < 4.78 is 43.9. The van der Waals surface area contributed by atoms with E-state index in [9.17, 15) is 22.8 Å². The minimum Gasteiger partial charge on any atom is -0.381 e. The van der Waals surface area contributed by atoms with Gasteiger partial charge in [-0.1, -0.05) is 6.08 Å². The summed E-state index contributed by atoms with van der Waals surface area (Å²) in [4.78, 5) is 40.6. The molecule has 1 aromatic carbocycles. The number of amides is 2. The molecule has 2 amide bonds. The summed E-state index contributed by atoms with van der Waals surface area (Å²) in [6.07, 6.45) is 7.00. The molecule has 0 spiro atoms. The first kappa shape index (κ1) is 29.0. The average molecular weight is 581 g/mol. The molecular formula is C29H29F3N7O3+. The van der Waals surface area contributed by atoms with E-state index in [1.807, 2.05) is 0 Å². The highest BCUT2D eigenvalue weighted by atomic mass is 19.4. The van der Waals surface area contributed by atoms with Gasteiger partial charge in [0.2, 0.25) is 11.6 Å². The van der Waals surface area contributed by atoms with Gasteiger partial charge in [0.25, 0.3) is 11.7 Å². The summed E-state index contributed by atoms with van der Waals surface area (Å²) in [7, 11) is 1.56. The first-order valence-electron chi connectivity index (χ1n) is 13.2. The molecular weight excluding hydrogens is 551 g/mol. The van der Waals surface area contributed by atoms with E-state index in [0.29, 0.717) is 42.4 Å². The lowest BCUT2D eigenvalue weighted by atomic mass is 9.98. The highest BCUT2D eigenvalue weighted by Gasteiger charge is 2.47. The molecule has 10 nitrogen and oxygen atoms in total. The number of likely N-dealkylation sites (tertiary alicyclic amines) is 1. The van der Waals surface area contributed by atoms with Gasteiger partial charge in [-0.2, -0.15) is 24.0 Å². The lowest BCUT2D eigenvalue weighted by Gasteiger charge is -2.35. The number of nitrogens with two attached hydrogens (primary N) is 1. The van der Waals surface area contributed by atoms with Crippen molar-refractivity contribution < 1.29 is 32.1 Å². The number of anilines is 1. The quantitative estimate of drug-likeness (QED) is 0.290. The normalized spacial score (nSPS) is 22.0. The number of allylic oxidation sites excluding steroid dienone is 1. The standard InChI is InChI=1S/C29H28F3N7O3/c1-42-16-4-6-25(40)38-14-3-2-5-22(38)26-23-18-34-13-15-39(23,33)27(37-26)19-7-9-20(10-8-19)28(41)36-24-17-21(11-12-35-24)29(30,31)32/h4,6-13,15,17-18,22H,2-3,5,14,16,33H2,1H3/p+1/b6-4+. The second-order valence-corrected chi connectivity index (χ2v) is 9.92. The maximum atomic E-state index is 13.1. The van der Waals surface area contributed by atoms with E-state index in [1.165, 1.54) is 18.2 Å². The van der Waals surface area contributed by atoms with Gasteiger partial charge in [-0.25, -0.2) is 4.98 Å². The number of aliphatic imine (C=N–C) groups is 2. The number of piperidine rings is 1. The molecule has 2 unspecified atom stereocenters. The van der Waals surface area contributed by atoms with Crippen molar-refractivity contribution in [3.63, 3.8) is 0 Å². The molecule has 0 aliphatic carbocycles. The molecule has 4 heterocycles. The number of carbonyl (C=O) groups is 2. The van der Waals surface area contributed by atoms with Gasteiger partial charge in [-0.3, -0.25) is 14.6 Å². The van der Waals surface area contributed by atoms with Crippen molar-refractivity contribution in [3.05, 3.63) is 95.2 Å². The van der Waals surface area contributed by atoms with Crippen molar-refractivity contribution in [2.24, 2.45) is 15.8 Å². The highest BCUT2D eigenvalue weighted by Crippen LogP contribution is 2.37. The van der Waals surface area contributed by atoms with Gasteiger partial charge in [0.15, 0.2) is 0 Å². The van der Waals surface area contributed by atoms with E-state index in [4.69, 9.17) is 15.6 Å². The maximum Gasteiger partial charge on any atom is 0.416 e. The molecule has 1 fully saturated rings. The SMILES string of the molecule is COC/C=C/C(=O)N1CCCCC1C1=C2C=NC=C[N+]2(N)C(c2ccc(C(=O)Nc3cc(C(F)(F)F)ccn3)cc2)=N1. The number of halogens is 3. The van der Waals surface area contributed by atoms with E-state index < -0.39 is 17.6 Å². The molecule has 1 aromatic heterocycles. The number of ether oxygens (including phenoxy) is 1. The number of pyridine rings is 1. The third-order valence-electron chi connectivity index (χ3n) is 7.18. The zero-order chi connectivity index (χ0) is 29.9. The van der Waals surface area contributed by atoms with Crippen LogP contribution in [0.3, 0.4) is 0 Å². The van der Waals surface area contributed by atoms with E-state index in [-0.39, 0.29) is 27.9 Å². The Hall–Kier alpha value is -4.46. The third kappa shape index (κ3) is 5.79. The number of nitrogens with one attached hydrogen (secondary N) is 1. The van der Waals surface area contributed by atoms with E-state index in [2.05, 4.69) is 15.3 Å². The van der Waals surface area contributed by atoms with Gasteiger partial charge in [-0.05, 0) is 55.7 Å². The number of nitrogens with zero attached hydrogens (tertiary/aromatic N) is 5. The van der Waals surface area contributed by atoms with E-state index in [1.54, 1.807) is 48.8 Å². The van der Waals surface area contributed by atoms with Crippen LogP contribution in [0.5, 0.6) is 0 Å². The van der Waals surface area contributed by atoms with E-state index >= 15 is 0 Å². The first-order valence-corrected chi connectivity index (χ1v) is 13.2. The van der Waals surface area contributed by atoms with Gasteiger partial charge in [0.05, 0.1) is 36.2 Å². The topological polar surface area (TPSA) is 122 Å². The van der Waals surface area contributed by atoms with Crippen LogP contribution in [0.2, 0.25) is 0 Å². The molecule has 2 aromatic rings. The van der Waals surface area contributed by atoms with Crippen LogP contribution < -0.4 is 11.2 Å². The molecule has 3 N–H and O–H groups in total. The average Bonchev–Trinajstić information content (AvgIpc) is 3.30. The van der Waals surface area contributed by atoms with Crippen molar-refractivity contribution in [1.82, 2.24) is 9.88 Å². The molecule has 218 valence electrons. The number of quaternary nitrogens is 1. The van der Waals surface area contributed by atoms with Crippen LogP contribution in [0.1, 0.15) is 40.7 Å². The van der Waals surface area contributed by atoms with Crippen LogP contribution in [-0.2, 0) is 15.7 Å². The Balaban J connectivity index is 1.41. The van der Waals surface area contributed by atoms with Gasteiger partial charge in [-0.15, -0.1) is 4.59 Å². The zero-order valence-corrected chi connectivity index (χ0v) is 22.7. The van der Waals surface area contributed by atoms with Crippen molar-refractivity contribution in [1.29, 1.82) is 0 Å². The monoisotopic (exact) mass is 580 g/mol.